The third-order valence-electron chi connectivity index (χ3n) is 6.82. The number of alkyl halides is 3. The van der Waals surface area contributed by atoms with Gasteiger partial charge in [-0.2, -0.15) is 13.2 Å². The molecule has 0 saturated carbocycles. The maximum absolute atomic E-state index is 14.2. The molecule has 4 aliphatic rings. The van der Waals surface area contributed by atoms with Gasteiger partial charge in [-0.05, 0) is 54.5 Å². The highest BCUT2D eigenvalue weighted by atomic mass is 19.4. The molecule has 3 aliphatic heterocycles. The average Bonchev–Trinajstić information content (AvgIpc) is 3.44. The molecular weight excluding hydrogens is 457 g/mol. The second kappa shape index (κ2) is 9.24. The summed E-state index contributed by atoms with van der Waals surface area (Å²) < 4.78 is 48.0. The Balaban J connectivity index is 1.51. The van der Waals surface area contributed by atoms with E-state index in [4.69, 9.17) is 4.74 Å². The molecular formula is C27H25F3N2O3. The Morgan fingerprint density at radius 3 is 2.69 bits per heavy atom. The largest absolute Gasteiger partial charge is 0.509 e. The molecule has 1 aromatic rings. The fourth-order valence-corrected chi connectivity index (χ4v) is 5.12. The van der Waals surface area contributed by atoms with Crippen LogP contribution >= 0.6 is 0 Å². The van der Waals surface area contributed by atoms with Crippen LogP contribution in [0.1, 0.15) is 37.3 Å². The van der Waals surface area contributed by atoms with Crippen molar-refractivity contribution in [3.05, 3.63) is 94.6 Å². The number of aliphatic imine (C=N–C) groups is 1. The highest BCUT2D eigenvalue weighted by Crippen LogP contribution is 2.42. The molecule has 1 fully saturated rings. The van der Waals surface area contributed by atoms with Crippen LogP contribution in [0.15, 0.2) is 94.1 Å². The van der Waals surface area contributed by atoms with Gasteiger partial charge in [-0.15, -0.1) is 0 Å². The number of hydrogen-bond donors (Lipinski definition) is 1. The van der Waals surface area contributed by atoms with Crippen molar-refractivity contribution in [1.82, 2.24) is 4.90 Å². The van der Waals surface area contributed by atoms with E-state index in [0.29, 0.717) is 24.1 Å². The first-order chi connectivity index (χ1) is 16.8. The third kappa shape index (κ3) is 4.45. The highest BCUT2D eigenvalue weighted by Gasteiger charge is 2.46. The van der Waals surface area contributed by atoms with Gasteiger partial charge in [-0.25, -0.2) is 4.99 Å². The Morgan fingerprint density at radius 2 is 1.97 bits per heavy atom. The second-order valence-corrected chi connectivity index (χ2v) is 8.97. The predicted molar refractivity (Wildman–Crippen MR) is 125 cm³/mol. The number of aliphatic hydroxyl groups is 1. The van der Waals surface area contributed by atoms with Gasteiger partial charge in [0.25, 0.3) is 5.91 Å². The van der Waals surface area contributed by atoms with Crippen molar-refractivity contribution < 1.29 is 27.8 Å². The second-order valence-electron chi connectivity index (χ2n) is 8.97. The van der Waals surface area contributed by atoms with Crippen LogP contribution in [0.2, 0.25) is 0 Å². The number of rotatable bonds is 3. The van der Waals surface area contributed by atoms with E-state index in [1.165, 1.54) is 6.26 Å². The first-order valence-corrected chi connectivity index (χ1v) is 11.7. The van der Waals surface area contributed by atoms with Crippen molar-refractivity contribution in [1.29, 1.82) is 0 Å². The van der Waals surface area contributed by atoms with Crippen LogP contribution in [-0.4, -0.2) is 41.0 Å². The van der Waals surface area contributed by atoms with Gasteiger partial charge in [0, 0.05) is 6.54 Å². The lowest BCUT2D eigenvalue weighted by atomic mass is 9.86. The van der Waals surface area contributed by atoms with E-state index < -0.39 is 23.6 Å². The highest BCUT2D eigenvalue weighted by molar-refractivity contribution is 6.11. The summed E-state index contributed by atoms with van der Waals surface area (Å²) in [6, 6.07) is 9.31. The molecule has 35 heavy (non-hydrogen) atoms. The number of ether oxygens (including phenoxy) is 1. The van der Waals surface area contributed by atoms with Crippen LogP contribution < -0.4 is 0 Å². The molecule has 1 aromatic carbocycles. The molecule has 1 N–H and O–H groups in total. The quantitative estimate of drug-likeness (QED) is 0.586. The van der Waals surface area contributed by atoms with Crippen molar-refractivity contribution in [2.24, 2.45) is 10.9 Å². The summed E-state index contributed by atoms with van der Waals surface area (Å²) in [5, 5.41) is 10.9. The molecule has 2 unspecified atom stereocenters. The van der Waals surface area contributed by atoms with E-state index in [0.717, 1.165) is 24.5 Å². The van der Waals surface area contributed by atoms with Crippen molar-refractivity contribution >= 4 is 11.6 Å². The van der Waals surface area contributed by atoms with Crippen LogP contribution in [0.25, 0.3) is 0 Å². The molecule has 1 aliphatic carbocycles. The lowest BCUT2D eigenvalue weighted by Crippen LogP contribution is -2.31. The lowest BCUT2D eigenvalue weighted by molar-refractivity contribution is -0.128. The monoisotopic (exact) mass is 482 g/mol. The fraction of sp³-hybridized carbons (Fsp3) is 0.333. The Bertz CT molecular complexity index is 1210. The van der Waals surface area contributed by atoms with Gasteiger partial charge < -0.3 is 14.7 Å². The maximum Gasteiger partial charge on any atom is 0.418 e. The number of carbonyl (C=O) groups is 1. The lowest BCUT2D eigenvalue weighted by Gasteiger charge is -2.25. The van der Waals surface area contributed by atoms with Crippen LogP contribution in [0.3, 0.4) is 0 Å². The standard InChI is InChI=1S/C27H25F3N2O3/c28-27(29,30)21-15-18(19-10-6-14-35-16-19)9-4-11-20-23(21)31-24(25(20)33)26(34)32-13-5-12-22(32)17-7-2-1-3-8-17/h1-3,6-10,14-15,20,22,33H,4-5,11-13,16H2. The number of aliphatic hydroxyl groups excluding tert-OH is 1. The summed E-state index contributed by atoms with van der Waals surface area (Å²) in [6.45, 7) is 0.628. The zero-order valence-electron chi connectivity index (χ0n) is 19.0. The molecule has 0 aromatic heterocycles. The van der Waals surface area contributed by atoms with Crippen molar-refractivity contribution in [2.75, 3.05) is 13.2 Å². The van der Waals surface area contributed by atoms with Crippen LogP contribution in [0.4, 0.5) is 13.2 Å². The summed E-state index contributed by atoms with van der Waals surface area (Å²) in [6.07, 6.45) is 5.06. The van der Waals surface area contributed by atoms with Gasteiger partial charge in [-0.1, -0.05) is 42.5 Å². The zero-order chi connectivity index (χ0) is 24.6. The molecule has 3 heterocycles. The Morgan fingerprint density at radius 1 is 1.17 bits per heavy atom. The Labute approximate surface area is 201 Å². The van der Waals surface area contributed by atoms with Crippen LogP contribution in [-0.2, 0) is 9.53 Å². The summed E-state index contributed by atoms with van der Waals surface area (Å²) in [5.41, 5.74) is 0.464. The molecule has 1 amide bonds. The topological polar surface area (TPSA) is 62.1 Å². The van der Waals surface area contributed by atoms with Crippen LogP contribution in [0.5, 0.6) is 0 Å². The molecule has 5 rings (SSSR count). The number of benzene rings is 1. The van der Waals surface area contributed by atoms with Gasteiger partial charge in [0.1, 0.15) is 12.4 Å². The third-order valence-corrected chi connectivity index (χ3v) is 6.82. The molecule has 0 bridgehead atoms. The van der Waals surface area contributed by atoms with Crippen molar-refractivity contribution in [3.8, 4) is 0 Å². The van der Waals surface area contributed by atoms with Crippen LogP contribution in [0, 0.1) is 5.92 Å². The Kier molecular flexibility index (Phi) is 6.13. The Hall–Kier alpha value is -3.55. The van der Waals surface area contributed by atoms with Crippen molar-refractivity contribution in [3.63, 3.8) is 0 Å². The molecule has 0 radical (unpaired) electrons. The number of fused-ring (bicyclic) bond motifs is 1. The van der Waals surface area contributed by atoms with E-state index in [-0.39, 0.29) is 36.2 Å². The number of likely N-dealkylation sites (tertiary alicyclic amines) is 1. The first kappa shape index (κ1) is 23.2. The summed E-state index contributed by atoms with van der Waals surface area (Å²) >= 11 is 0. The number of nitrogens with zero attached hydrogens (tertiary/aromatic N) is 2. The minimum atomic E-state index is -4.71. The minimum absolute atomic E-state index is 0.170. The van der Waals surface area contributed by atoms with E-state index >= 15 is 0 Å². The van der Waals surface area contributed by atoms with E-state index in [2.05, 4.69) is 4.99 Å². The number of hydrogen-bond acceptors (Lipinski definition) is 4. The number of halogens is 3. The van der Waals surface area contributed by atoms with E-state index in [1.807, 2.05) is 30.3 Å². The predicted octanol–water partition coefficient (Wildman–Crippen LogP) is 5.87. The summed E-state index contributed by atoms with van der Waals surface area (Å²) in [7, 11) is 0. The SMILES string of the molecule is O=C(C1=C(O)C2CCC=C(C3=CC=COC3)C=C(C(F)(F)F)C2=N1)N1CCCC1c1ccccc1. The average molecular weight is 483 g/mol. The van der Waals surface area contributed by atoms with Crippen molar-refractivity contribution in [2.45, 2.75) is 37.9 Å². The molecule has 2 atom stereocenters. The normalized spacial score (nSPS) is 24.6. The smallest absolute Gasteiger partial charge is 0.418 e. The maximum atomic E-state index is 14.2. The van der Waals surface area contributed by atoms with Gasteiger partial charge in [-0.3, -0.25) is 4.79 Å². The molecule has 182 valence electrons. The number of carbonyl (C=O) groups excluding carboxylic acids is 1. The van der Waals surface area contributed by atoms with Gasteiger partial charge in [0.2, 0.25) is 0 Å². The minimum Gasteiger partial charge on any atom is -0.509 e. The summed E-state index contributed by atoms with van der Waals surface area (Å²) in [5.74, 6) is -1.89. The van der Waals surface area contributed by atoms with Gasteiger partial charge in [0.05, 0.1) is 29.5 Å². The van der Waals surface area contributed by atoms with Gasteiger partial charge >= 0.3 is 6.18 Å². The van der Waals surface area contributed by atoms with E-state index in [1.54, 1.807) is 23.1 Å². The molecule has 5 nitrogen and oxygen atoms in total. The van der Waals surface area contributed by atoms with E-state index in [9.17, 15) is 23.1 Å². The molecule has 0 spiro atoms. The fourth-order valence-electron chi connectivity index (χ4n) is 5.12. The molecule has 1 saturated heterocycles. The number of allylic oxidation sites excluding steroid dienone is 6. The summed E-state index contributed by atoms with van der Waals surface area (Å²) in [4.78, 5) is 19.3. The first-order valence-electron chi connectivity index (χ1n) is 11.7. The zero-order valence-corrected chi connectivity index (χ0v) is 19.0. The van der Waals surface area contributed by atoms with Gasteiger partial charge in [0.15, 0.2) is 5.70 Å². The number of amides is 1. The molecule has 8 heteroatoms.